The molecule has 34 heavy (non-hydrogen) atoms. The normalized spacial score (nSPS) is 20.4. The van der Waals surface area contributed by atoms with Gasteiger partial charge in [-0.15, -0.1) is 11.3 Å². The lowest BCUT2D eigenvalue weighted by Crippen LogP contribution is -2.40. The van der Waals surface area contributed by atoms with Gasteiger partial charge in [0.25, 0.3) is 0 Å². The summed E-state index contributed by atoms with van der Waals surface area (Å²) in [4.78, 5) is 18.0. The minimum absolute atomic E-state index is 0.0460. The van der Waals surface area contributed by atoms with Crippen LogP contribution in [0.25, 0.3) is 0 Å². The van der Waals surface area contributed by atoms with E-state index in [1.807, 2.05) is 49.1 Å². The molecule has 2 aliphatic rings. The predicted molar refractivity (Wildman–Crippen MR) is 138 cm³/mol. The van der Waals surface area contributed by atoms with Crippen molar-refractivity contribution in [2.45, 2.75) is 38.5 Å². The third kappa shape index (κ3) is 3.73. The third-order valence-electron chi connectivity index (χ3n) is 6.71. The molecular weight excluding hydrogens is 462 g/mol. The second-order valence-corrected chi connectivity index (χ2v) is 10.7. The molecule has 2 N–H and O–H groups in total. The number of benzene rings is 2. The Labute approximate surface area is 208 Å². The summed E-state index contributed by atoms with van der Waals surface area (Å²) in [6.45, 7) is 4.09. The first-order valence-corrected chi connectivity index (χ1v) is 12.4. The second-order valence-electron chi connectivity index (χ2n) is 8.82. The Morgan fingerprint density at radius 1 is 1.09 bits per heavy atom. The largest absolute Gasteiger partial charge is 0.384 e. The zero-order chi connectivity index (χ0) is 24.0. The van der Waals surface area contributed by atoms with Gasteiger partial charge in [-0.25, -0.2) is 0 Å². The monoisotopic (exact) mass is 485 g/mol. The Morgan fingerprint density at radius 2 is 1.79 bits per heavy atom. The van der Waals surface area contributed by atoms with Crippen LogP contribution in [-0.4, -0.2) is 5.78 Å². The molecular formula is C28H24ClN3OS. The Morgan fingerprint density at radius 3 is 2.41 bits per heavy atom. The number of allylic oxidation sites excluding steroid dienone is 3. The molecule has 2 atom stereocenters. The molecule has 5 rings (SSSR count). The number of ketones is 1. The van der Waals surface area contributed by atoms with Crippen LogP contribution < -0.4 is 10.6 Å². The zero-order valence-electron chi connectivity index (χ0n) is 19.0. The number of anilines is 1. The standard InChI is InChI=1S/C28H24ClN3OS/c1-16-12-22(17(2)34-16)26-23(15-30)28(31)32(21-10-8-20(29)9-11-21)24-13-19(14-25(33)27(24)26)18-6-4-3-5-7-18/h3-12,19,26H,13-14,31H2,1-2H3/t19-,26-/m1/s1. The van der Waals surface area contributed by atoms with E-state index in [2.05, 4.69) is 24.3 Å². The molecule has 3 aromatic rings. The molecule has 1 aliphatic carbocycles. The molecule has 0 bridgehead atoms. The maximum atomic E-state index is 13.8. The fraction of sp³-hybridized carbons (Fsp3) is 0.214. The van der Waals surface area contributed by atoms with Gasteiger partial charge in [0.2, 0.25) is 0 Å². The van der Waals surface area contributed by atoms with Gasteiger partial charge in [-0.2, -0.15) is 5.26 Å². The van der Waals surface area contributed by atoms with Gasteiger partial charge in [-0.05, 0) is 67.6 Å². The minimum Gasteiger partial charge on any atom is -0.384 e. The van der Waals surface area contributed by atoms with Gasteiger partial charge in [-0.3, -0.25) is 9.69 Å². The molecule has 0 radical (unpaired) electrons. The Kier molecular flexibility index (Phi) is 5.81. The summed E-state index contributed by atoms with van der Waals surface area (Å²) in [7, 11) is 0. The number of Topliss-reactive ketones (excluding diaryl/α,β-unsaturated/α-hetero) is 1. The van der Waals surface area contributed by atoms with E-state index in [0.717, 1.165) is 32.3 Å². The average molecular weight is 486 g/mol. The molecule has 0 saturated heterocycles. The summed E-state index contributed by atoms with van der Waals surface area (Å²) in [6.07, 6.45) is 1.07. The van der Waals surface area contributed by atoms with Gasteiger partial charge < -0.3 is 5.73 Å². The third-order valence-corrected chi connectivity index (χ3v) is 7.95. The first-order valence-electron chi connectivity index (χ1n) is 11.2. The van der Waals surface area contributed by atoms with Crippen molar-refractivity contribution < 1.29 is 4.79 Å². The van der Waals surface area contributed by atoms with Crippen molar-refractivity contribution in [1.82, 2.24) is 0 Å². The Bertz CT molecular complexity index is 1380. The fourth-order valence-electron chi connectivity index (χ4n) is 5.22. The molecule has 0 fully saturated rings. The van der Waals surface area contributed by atoms with Crippen molar-refractivity contribution in [1.29, 1.82) is 5.26 Å². The Hall–Kier alpha value is -3.33. The summed E-state index contributed by atoms with van der Waals surface area (Å²) in [5, 5.41) is 10.9. The van der Waals surface area contributed by atoms with Gasteiger partial charge >= 0.3 is 0 Å². The first-order chi connectivity index (χ1) is 16.4. The lowest BCUT2D eigenvalue weighted by molar-refractivity contribution is -0.116. The van der Waals surface area contributed by atoms with E-state index < -0.39 is 5.92 Å². The highest BCUT2D eigenvalue weighted by Gasteiger charge is 2.43. The number of carbonyl (C=O) groups is 1. The van der Waals surface area contributed by atoms with Crippen molar-refractivity contribution in [3.63, 3.8) is 0 Å². The number of carbonyl (C=O) groups excluding carboxylic acids is 1. The van der Waals surface area contributed by atoms with Crippen molar-refractivity contribution in [2.75, 3.05) is 4.90 Å². The Balaban J connectivity index is 1.74. The van der Waals surface area contributed by atoms with Gasteiger partial charge in [0.05, 0.1) is 17.6 Å². The van der Waals surface area contributed by atoms with E-state index in [-0.39, 0.29) is 11.7 Å². The topological polar surface area (TPSA) is 70.1 Å². The van der Waals surface area contributed by atoms with E-state index in [0.29, 0.717) is 34.8 Å². The van der Waals surface area contributed by atoms with Crippen LogP contribution in [0.1, 0.15) is 45.6 Å². The smallest absolute Gasteiger partial charge is 0.162 e. The number of nitrogens with zero attached hydrogens (tertiary/aromatic N) is 2. The van der Waals surface area contributed by atoms with E-state index in [1.54, 1.807) is 23.5 Å². The average Bonchev–Trinajstić information content (AvgIpc) is 3.17. The maximum absolute atomic E-state index is 13.8. The molecule has 2 aromatic carbocycles. The van der Waals surface area contributed by atoms with Crippen molar-refractivity contribution in [2.24, 2.45) is 5.73 Å². The summed E-state index contributed by atoms with van der Waals surface area (Å²) in [5.41, 5.74) is 11.6. The first kappa shape index (κ1) is 22.5. The number of hydrogen-bond donors (Lipinski definition) is 1. The van der Waals surface area contributed by atoms with Crippen LogP contribution >= 0.6 is 22.9 Å². The lowest BCUT2D eigenvalue weighted by atomic mass is 9.72. The minimum atomic E-state index is -0.447. The van der Waals surface area contributed by atoms with Crippen LogP contribution in [0.2, 0.25) is 5.02 Å². The highest BCUT2D eigenvalue weighted by molar-refractivity contribution is 7.12. The number of rotatable bonds is 3. The van der Waals surface area contributed by atoms with Gasteiger partial charge in [-0.1, -0.05) is 41.9 Å². The molecule has 0 spiro atoms. The van der Waals surface area contributed by atoms with E-state index in [1.165, 1.54) is 0 Å². The van der Waals surface area contributed by atoms with Crippen LogP contribution in [0.15, 0.2) is 83.3 Å². The summed E-state index contributed by atoms with van der Waals surface area (Å²) in [5.74, 6) is 0.0447. The lowest BCUT2D eigenvalue weighted by Gasteiger charge is -2.41. The summed E-state index contributed by atoms with van der Waals surface area (Å²) >= 11 is 7.83. The molecule has 2 heterocycles. The fourth-order valence-corrected chi connectivity index (χ4v) is 6.31. The summed E-state index contributed by atoms with van der Waals surface area (Å²) in [6, 6.07) is 21.9. The number of aryl methyl sites for hydroxylation is 2. The zero-order valence-corrected chi connectivity index (χ0v) is 20.6. The molecule has 1 aromatic heterocycles. The molecule has 6 heteroatoms. The van der Waals surface area contributed by atoms with Gasteiger partial charge in [0, 0.05) is 38.2 Å². The molecule has 4 nitrogen and oxygen atoms in total. The van der Waals surface area contributed by atoms with Crippen molar-refractivity contribution in [3.8, 4) is 6.07 Å². The van der Waals surface area contributed by atoms with Crippen LogP contribution in [0.4, 0.5) is 5.69 Å². The van der Waals surface area contributed by atoms with Gasteiger partial charge in [0.15, 0.2) is 5.78 Å². The highest BCUT2D eigenvalue weighted by Crippen LogP contribution is 2.50. The van der Waals surface area contributed by atoms with Crippen LogP contribution in [0.5, 0.6) is 0 Å². The molecule has 0 unspecified atom stereocenters. The number of halogens is 1. The number of nitriles is 1. The quantitative estimate of drug-likeness (QED) is 0.447. The van der Waals surface area contributed by atoms with Gasteiger partial charge in [0.1, 0.15) is 5.82 Å². The molecule has 170 valence electrons. The highest BCUT2D eigenvalue weighted by atomic mass is 35.5. The number of hydrogen-bond acceptors (Lipinski definition) is 5. The molecule has 0 amide bonds. The van der Waals surface area contributed by atoms with Crippen LogP contribution in [-0.2, 0) is 4.79 Å². The predicted octanol–water partition coefficient (Wildman–Crippen LogP) is 6.72. The number of thiophene rings is 1. The van der Waals surface area contributed by atoms with Crippen LogP contribution in [0.3, 0.4) is 0 Å². The SMILES string of the molecule is Cc1cc([C@@H]2C(C#N)=C(N)N(c3ccc(Cl)cc3)C3=C2C(=O)C[C@H](c2ccccc2)C3)c(C)s1. The van der Waals surface area contributed by atoms with E-state index >= 15 is 0 Å². The van der Waals surface area contributed by atoms with Crippen molar-refractivity contribution >= 4 is 34.4 Å². The van der Waals surface area contributed by atoms with Crippen molar-refractivity contribution in [3.05, 3.63) is 109 Å². The second kappa shape index (κ2) is 8.79. The van der Waals surface area contributed by atoms with E-state index in [4.69, 9.17) is 17.3 Å². The maximum Gasteiger partial charge on any atom is 0.162 e. The molecule has 0 saturated carbocycles. The van der Waals surface area contributed by atoms with Crippen LogP contribution in [0, 0.1) is 25.2 Å². The summed E-state index contributed by atoms with van der Waals surface area (Å²) < 4.78 is 0. The number of nitrogens with two attached hydrogens (primary N) is 1. The molecule has 1 aliphatic heterocycles. The van der Waals surface area contributed by atoms with E-state index in [9.17, 15) is 10.1 Å².